The largest absolute Gasteiger partial charge is 0.573 e. The number of nitrogens with zero attached hydrogens (tertiary/aromatic N) is 1. The molecule has 0 aromatic heterocycles. The third-order valence-corrected chi connectivity index (χ3v) is 3.87. The van der Waals surface area contributed by atoms with Crippen LogP contribution < -0.4 is 15.8 Å². The standard InChI is InChI=1S/C17H16F3N3O.CH4O/c1-16(10-22-15(21)23-16)13-6-2-4-11(8-13)12-5-3-7-14(9-12)24-17(18,19)20;1-2/h2-9H,10H2,1H3,(H3,21,22,23);2H,1H3. The van der Waals surface area contributed by atoms with E-state index < -0.39 is 11.9 Å². The van der Waals surface area contributed by atoms with Gasteiger partial charge >= 0.3 is 6.36 Å². The molecule has 0 fully saturated rings. The van der Waals surface area contributed by atoms with E-state index >= 15 is 0 Å². The van der Waals surface area contributed by atoms with Crippen molar-refractivity contribution in [2.24, 2.45) is 10.7 Å². The van der Waals surface area contributed by atoms with Crippen molar-refractivity contribution in [1.29, 1.82) is 0 Å². The first-order chi connectivity index (χ1) is 12.3. The number of aliphatic hydroxyl groups is 1. The molecule has 2 aromatic rings. The first-order valence-electron chi connectivity index (χ1n) is 7.75. The normalized spacial score (nSPS) is 19.1. The maximum atomic E-state index is 12.4. The van der Waals surface area contributed by atoms with E-state index in [2.05, 4.69) is 15.0 Å². The highest BCUT2D eigenvalue weighted by Crippen LogP contribution is 2.31. The Hall–Kier alpha value is -2.74. The Morgan fingerprint density at radius 1 is 1.12 bits per heavy atom. The second-order valence-electron chi connectivity index (χ2n) is 5.82. The van der Waals surface area contributed by atoms with Crippen LogP contribution in [-0.2, 0) is 5.54 Å². The lowest BCUT2D eigenvalue weighted by Crippen LogP contribution is -2.42. The zero-order valence-electron chi connectivity index (χ0n) is 14.3. The van der Waals surface area contributed by atoms with Crippen molar-refractivity contribution in [3.05, 3.63) is 54.1 Å². The summed E-state index contributed by atoms with van der Waals surface area (Å²) in [6.45, 7) is 2.47. The summed E-state index contributed by atoms with van der Waals surface area (Å²) in [6.07, 6.45) is -4.71. The molecule has 140 valence electrons. The Kier molecular flexibility index (Phi) is 5.76. The number of benzene rings is 2. The van der Waals surface area contributed by atoms with Crippen LogP contribution in [0.3, 0.4) is 0 Å². The Bertz CT molecular complexity index is 793. The SMILES string of the molecule is CC1(c2cccc(-c3cccc(OC(F)(F)F)c3)c2)CN=C(N)N1.CO. The topological polar surface area (TPSA) is 79.9 Å². The van der Waals surface area contributed by atoms with Crippen molar-refractivity contribution < 1.29 is 23.0 Å². The van der Waals surface area contributed by atoms with Gasteiger partial charge in [0.25, 0.3) is 0 Å². The third kappa shape index (κ3) is 4.66. The van der Waals surface area contributed by atoms with Gasteiger partial charge in [-0.3, -0.25) is 4.99 Å². The number of rotatable bonds is 3. The van der Waals surface area contributed by atoms with Gasteiger partial charge in [-0.05, 0) is 41.8 Å². The number of alkyl halides is 3. The van der Waals surface area contributed by atoms with Crippen molar-refractivity contribution in [3.63, 3.8) is 0 Å². The Labute approximate surface area is 149 Å². The van der Waals surface area contributed by atoms with Crippen molar-refractivity contribution in [3.8, 4) is 16.9 Å². The van der Waals surface area contributed by atoms with Gasteiger partial charge in [0.15, 0.2) is 5.96 Å². The van der Waals surface area contributed by atoms with E-state index in [-0.39, 0.29) is 5.75 Å². The number of hydrogen-bond acceptors (Lipinski definition) is 5. The Balaban J connectivity index is 0.00000117. The van der Waals surface area contributed by atoms with E-state index in [0.29, 0.717) is 18.1 Å². The predicted octanol–water partition coefficient (Wildman–Crippen LogP) is 2.99. The van der Waals surface area contributed by atoms with Crippen molar-refractivity contribution in [2.45, 2.75) is 18.8 Å². The molecule has 26 heavy (non-hydrogen) atoms. The molecule has 1 aliphatic rings. The van der Waals surface area contributed by atoms with Gasteiger partial charge in [0, 0.05) is 7.11 Å². The predicted molar refractivity (Wildman–Crippen MR) is 93.7 cm³/mol. The monoisotopic (exact) mass is 367 g/mol. The molecule has 0 aliphatic carbocycles. The highest BCUT2D eigenvalue weighted by molar-refractivity contribution is 5.81. The highest BCUT2D eigenvalue weighted by atomic mass is 19.4. The number of aliphatic hydroxyl groups excluding tert-OH is 1. The van der Waals surface area contributed by atoms with Crippen LogP contribution in [0.2, 0.25) is 0 Å². The first-order valence-corrected chi connectivity index (χ1v) is 7.75. The van der Waals surface area contributed by atoms with Crippen LogP contribution in [0.5, 0.6) is 5.75 Å². The lowest BCUT2D eigenvalue weighted by molar-refractivity contribution is -0.274. The van der Waals surface area contributed by atoms with Gasteiger partial charge in [0.2, 0.25) is 0 Å². The summed E-state index contributed by atoms with van der Waals surface area (Å²) in [5.74, 6) is 0.131. The zero-order chi connectivity index (χ0) is 19.4. The van der Waals surface area contributed by atoms with Crippen LogP contribution in [0.1, 0.15) is 12.5 Å². The molecular weight excluding hydrogens is 347 g/mol. The minimum atomic E-state index is -4.71. The summed E-state index contributed by atoms with van der Waals surface area (Å²) in [4.78, 5) is 4.16. The van der Waals surface area contributed by atoms with Gasteiger partial charge in [-0.1, -0.05) is 30.3 Å². The number of halogens is 3. The lowest BCUT2D eigenvalue weighted by Gasteiger charge is -2.25. The second-order valence-corrected chi connectivity index (χ2v) is 5.82. The van der Waals surface area contributed by atoms with Crippen molar-refractivity contribution >= 4 is 5.96 Å². The molecule has 0 saturated carbocycles. The van der Waals surface area contributed by atoms with Gasteiger partial charge in [0.05, 0.1) is 12.1 Å². The van der Waals surface area contributed by atoms with E-state index in [4.69, 9.17) is 10.8 Å². The first kappa shape index (κ1) is 19.6. The summed E-state index contributed by atoms with van der Waals surface area (Å²) in [5.41, 5.74) is 7.63. The van der Waals surface area contributed by atoms with Crippen molar-refractivity contribution in [2.75, 3.05) is 13.7 Å². The number of guanidine groups is 1. The van der Waals surface area contributed by atoms with Crippen molar-refractivity contribution in [1.82, 2.24) is 5.32 Å². The molecule has 3 rings (SSSR count). The third-order valence-electron chi connectivity index (χ3n) is 3.87. The number of nitrogens with one attached hydrogen (secondary N) is 1. The number of nitrogens with two attached hydrogens (primary N) is 1. The fraction of sp³-hybridized carbons (Fsp3) is 0.278. The molecule has 2 aromatic carbocycles. The van der Waals surface area contributed by atoms with Crippen LogP contribution in [0, 0.1) is 0 Å². The van der Waals surface area contributed by atoms with Crippen LogP contribution in [0.15, 0.2) is 53.5 Å². The maximum absolute atomic E-state index is 12.4. The van der Waals surface area contributed by atoms with Crippen LogP contribution in [0.4, 0.5) is 13.2 Å². The van der Waals surface area contributed by atoms with E-state index in [0.717, 1.165) is 18.2 Å². The van der Waals surface area contributed by atoms with Gasteiger partial charge in [-0.15, -0.1) is 13.2 Å². The Morgan fingerprint density at radius 2 is 1.73 bits per heavy atom. The van der Waals surface area contributed by atoms with E-state index in [9.17, 15) is 13.2 Å². The van der Waals surface area contributed by atoms with Gasteiger partial charge in [0.1, 0.15) is 5.75 Å². The van der Waals surface area contributed by atoms with E-state index in [1.165, 1.54) is 18.2 Å². The fourth-order valence-electron chi connectivity index (χ4n) is 2.68. The molecule has 1 aliphatic heterocycles. The number of aliphatic imine (C=N–C) groups is 1. The molecular formula is C18H20F3N3O2. The summed E-state index contributed by atoms with van der Waals surface area (Å²) in [6, 6.07) is 13.4. The van der Waals surface area contributed by atoms with E-state index in [1.807, 2.05) is 31.2 Å². The molecule has 1 heterocycles. The molecule has 0 bridgehead atoms. The molecule has 5 nitrogen and oxygen atoms in total. The second kappa shape index (κ2) is 7.65. The quantitative estimate of drug-likeness (QED) is 0.779. The van der Waals surface area contributed by atoms with Crippen LogP contribution >= 0.6 is 0 Å². The molecule has 0 spiro atoms. The minimum Gasteiger partial charge on any atom is -0.406 e. The average molecular weight is 367 g/mol. The summed E-state index contributed by atoms with van der Waals surface area (Å²) >= 11 is 0. The molecule has 0 amide bonds. The smallest absolute Gasteiger partial charge is 0.406 e. The van der Waals surface area contributed by atoms with Crippen LogP contribution in [-0.4, -0.2) is 31.1 Å². The molecule has 1 unspecified atom stereocenters. The van der Waals surface area contributed by atoms with E-state index in [1.54, 1.807) is 6.07 Å². The maximum Gasteiger partial charge on any atom is 0.573 e. The highest BCUT2D eigenvalue weighted by Gasteiger charge is 2.32. The van der Waals surface area contributed by atoms with Gasteiger partial charge in [-0.2, -0.15) is 0 Å². The summed E-state index contributed by atoms with van der Waals surface area (Å²) < 4.78 is 41.1. The Morgan fingerprint density at radius 3 is 2.31 bits per heavy atom. The number of ether oxygens (including phenoxy) is 1. The average Bonchev–Trinajstić information content (AvgIpc) is 2.96. The lowest BCUT2D eigenvalue weighted by atomic mass is 9.90. The fourth-order valence-corrected chi connectivity index (χ4v) is 2.68. The van der Waals surface area contributed by atoms with Crippen LogP contribution in [0.25, 0.3) is 11.1 Å². The summed E-state index contributed by atoms with van der Waals surface area (Å²) in [5, 5.41) is 10.1. The zero-order valence-corrected chi connectivity index (χ0v) is 14.3. The molecule has 1 atom stereocenters. The molecule has 4 N–H and O–H groups in total. The molecule has 0 radical (unpaired) electrons. The summed E-state index contributed by atoms with van der Waals surface area (Å²) in [7, 11) is 1.00. The van der Waals surface area contributed by atoms with Gasteiger partial charge < -0.3 is 20.9 Å². The molecule has 8 heteroatoms. The van der Waals surface area contributed by atoms with Gasteiger partial charge in [-0.25, -0.2) is 0 Å². The molecule has 0 saturated heterocycles. The number of hydrogen-bond donors (Lipinski definition) is 3. The minimum absolute atomic E-state index is 0.247.